The third kappa shape index (κ3) is 3.92. The molecule has 8 heteroatoms. The molecule has 0 unspecified atom stereocenters. The smallest absolute Gasteiger partial charge is 0.264 e. The number of aryl methyl sites for hydroxylation is 2. The topological polar surface area (TPSA) is 83.5 Å². The second-order valence-corrected chi connectivity index (χ2v) is 6.96. The Labute approximate surface area is 160 Å². The number of hydrogen-bond acceptors (Lipinski definition) is 4. The van der Waals surface area contributed by atoms with E-state index in [1.807, 2.05) is 19.9 Å². The molecule has 0 saturated carbocycles. The van der Waals surface area contributed by atoms with E-state index in [1.165, 1.54) is 0 Å². The van der Waals surface area contributed by atoms with E-state index in [-0.39, 0.29) is 24.4 Å². The Balaban J connectivity index is 1.64. The molecule has 1 aromatic heterocycles. The highest BCUT2D eigenvalue weighted by Gasteiger charge is 2.29. The molecule has 0 bridgehead atoms. The number of pyridine rings is 1. The van der Waals surface area contributed by atoms with Gasteiger partial charge in [-0.3, -0.25) is 9.59 Å². The minimum absolute atomic E-state index is 0.122. The Bertz CT molecular complexity index is 953. The molecule has 1 atom stereocenters. The highest BCUT2D eigenvalue weighted by molar-refractivity contribution is 6.37. The van der Waals surface area contributed by atoms with Crippen molar-refractivity contribution in [3.05, 3.63) is 67.0 Å². The summed E-state index contributed by atoms with van der Waals surface area (Å²) >= 11 is 12.1. The van der Waals surface area contributed by atoms with E-state index in [0.29, 0.717) is 26.9 Å². The molecule has 0 saturated heterocycles. The molecule has 0 aliphatic carbocycles. The van der Waals surface area contributed by atoms with Crippen molar-refractivity contribution >= 4 is 34.8 Å². The van der Waals surface area contributed by atoms with Crippen molar-refractivity contribution in [2.75, 3.05) is 0 Å². The molecular weight excluding hydrogens is 377 g/mol. The van der Waals surface area contributed by atoms with Gasteiger partial charge in [-0.15, -0.1) is 0 Å². The van der Waals surface area contributed by atoms with Crippen molar-refractivity contribution in [1.29, 1.82) is 0 Å². The van der Waals surface area contributed by atoms with Gasteiger partial charge in [-0.25, -0.2) is 0 Å². The predicted octanol–water partition coefficient (Wildman–Crippen LogP) is 3.11. The number of nitrogens with zero attached hydrogens (tertiary/aromatic N) is 1. The fourth-order valence-electron chi connectivity index (χ4n) is 2.79. The summed E-state index contributed by atoms with van der Waals surface area (Å²) < 4.78 is 0. The van der Waals surface area contributed by atoms with Crippen LogP contribution in [-0.2, 0) is 16.2 Å². The third-order valence-electron chi connectivity index (χ3n) is 4.14. The number of halogens is 2. The molecule has 2 heterocycles. The van der Waals surface area contributed by atoms with E-state index >= 15 is 0 Å². The van der Waals surface area contributed by atoms with E-state index in [4.69, 9.17) is 28.0 Å². The quantitative estimate of drug-likeness (QED) is 0.836. The highest BCUT2D eigenvalue weighted by atomic mass is 35.5. The van der Waals surface area contributed by atoms with Crippen molar-refractivity contribution < 1.29 is 9.63 Å². The normalized spacial score (nSPS) is 16.2. The molecule has 26 heavy (non-hydrogen) atoms. The summed E-state index contributed by atoms with van der Waals surface area (Å²) in [5.74, 6) is -0.340. The Morgan fingerprint density at radius 3 is 2.81 bits per heavy atom. The van der Waals surface area contributed by atoms with Gasteiger partial charge in [-0.1, -0.05) is 34.4 Å². The van der Waals surface area contributed by atoms with Crippen molar-refractivity contribution in [2.45, 2.75) is 32.9 Å². The zero-order chi connectivity index (χ0) is 18.8. The molecule has 2 aromatic rings. The molecule has 3 rings (SSSR count). The van der Waals surface area contributed by atoms with Gasteiger partial charge in [0.2, 0.25) is 6.10 Å². The van der Waals surface area contributed by atoms with Gasteiger partial charge in [-0.05, 0) is 37.6 Å². The molecule has 136 valence electrons. The average Bonchev–Trinajstić information content (AvgIpc) is 3.03. The maximum Gasteiger partial charge on any atom is 0.264 e. The van der Waals surface area contributed by atoms with Crippen LogP contribution < -0.4 is 10.9 Å². The fourth-order valence-corrected chi connectivity index (χ4v) is 3.31. The number of amides is 1. The first-order chi connectivity index (χ1) is 12.3. The molecule has 0 fully saturated rings. The standard InChI is InChI=1S/C18H17Cl2N3O3/c1-9-5-10(2)22-17(24)13(9)8-21-18(25)16-7-15(23-26-16)12-4-3-11(19)6-14(12)20/h3-6,16H,7-8H2,1-2H3,(H,21,25)(H,22,24)/t16-/m0/s1. The Kier molecular flexibility index (Phi) is 5.34. The second kappa shape index (κ2) is 7.51. The molecule has 1 aliphatic heterocycles. The zero-order valence-electron chi connectivity index (χ0n) is 14.2. The number of hydrogen-bond donors (Lipinski definition) is 2. The molecule has 2 N–H and O–H groups in total. The van der Waals surface area contributed by atoms with E-state index < -0.39 is 6.10 Å². The Morgan fingerprint density at radius 2 is 2.12 bits per heavy atom. The van der Waals surface area contributed by atoms with Gasteiger partial charge in [0.15, 0.2) is 0 Å². The summed E-state index contributed by atoms with van der Waals surface area (Å²) in [6, 6.07) is 6.91. The number of aromatic nitrogens is 1. The molecule has 1 amide bonds. The van der Waals surface area contributed by atoms with Crippen LogP contribution in [0.4, 0.5) is 0 Å². The van der Waals surface area contributed by atoms with Crippen molar-refractivity contribution in [2.24, 2.45) is 5.16 Å². The lowest BCUT2D eigenvalue weighted by atomic mass is 10.0. The van der Waals surface area contributed by atoms with Crippen LogP contribution in [0.2, 0.25) is 10.0 Å². The highest BCUT2D eigenvalue weighted by Crippen LogP contribution is 2.26. The van der Waals surface area contributed by atoms with Crippen molar-refractivity contribution in [1.82, 2.24) is 10.3 Å². The minimum atomic E-state index is -0.762. The number of oxime groups is 1. The van der Waals surface area contributed by atoms with Crippen LogP contribution in [0.1, 0.15) is 28.8 Å². The van der Waals surface area contributed by atoms with E-state index in [2.05, 4.69) is 15.5 Å². The van der Waals surface area contributed by atoms with E-state index in [1.54, 1.807) is 18.2 Å². The average molecular weight is 394 g/mol. The second-order valence-electron chi connectivity index (χ2n) is 6.12. The molecule has 6 nitrogen and oxygen atoms in total. The summed E-state index contributed by atoms with van der Waals surface area (Å²) in [5, 5.41) is 7.65. The maximum absolute atomic E-state index is 12.3. The van der Waals surface area contributed by atoms with Gasteiger partial charge < -0.3 is 15.1 Å². The largest absolute Gasteiger partial charge is 0.382 e. The Morgan fingerprint density at radius 1 is 1.35 bits per heavy atom. The summed E-state index contributed by atoms with van der Waals surface area (Å²) in [4.78, 5) is 32.3. The maximum atomic E-state index is 12.3. The number of carbonyl (C=O) groups excluding carboxylic acids is 1. The van der Waals surface area contributed by atoms with Crippen LogP contribution in [0.3, 0.4) is 0 Å². The number of aromatic amines is 1. The van der Waals surface area contributed by atoms with Gasteiger partial charge in [0.1, 0.15) is 0 Å². The van der Waals surface area contributed by atoms with Crippen LogP contribution in [-0.4, -0.2) is 22.7 Å². The monoisotopic (exact) mass is 393 g/mol. The van der Waals surface area contributed by atoms with Crippen molar-refractivity contribution in [3.8, 4) is 0 Å². The summed E-state index contributed by atoms with van der Waals surface area (Å²) in [6.45, 7) is 3.76. The Hall–Kier alpha value is -2.31. The third-order valence-corrected chi connectivity index (χ3v) is 4.68. The first kappa shape index (κ1) is 18.5. The first-order valence-electron chi connectivity index (χ1n) is 8.00. The van der Waals surface area contributed by atoms with Crippen LogP contribution >= 0.6 is 23.2 Å². The summed E-state index contributed by atoms with van der Waals surface area (Å²) in [6.07, 6.45) is -0.474. The lowest BCUT2D eigenvalue weighted by molar-refractivity contribution is -0.131. The van der Waals surface area contributed by atoms with Crippen LogP contribution in [0.25, 0.3) is 0 Å². The number of rotatable bonds is 4. The predicted molar refractivity (Wildman–Crippen MR) is 101 cm³/mol. The van der Waals surface area contributed by atoms with E-state index in [9.17, 15) is 9.59 Å². The van der Waals surface area contributed by atoms with Gasteiger partial charge in [-0.2, -0.15) is 0 Å². The number of H-pyrrole nitrogens is 1. The molecule has 0 spiro atoms. The number of nitrogens with one attached hydrogen (secondary N) is 2. The SMILES string of the molecule is Cc1cc(C)c(CNC(=O)[C@@H]2CC(c3ccc(Cl)cc3Cl)=NO2)c(=O)[nH]1. The number of carbonyl (C=O) groups is 1. The molecule has 1 aliphatic rings. The first-order valence-corrected chi connectivity index (χ1v) is 8.76. The van der Waals surface area contributed by atoms with E-state index in [0.717, 1.165) is 11.3 Å². The number of benzene rings is 1. The summed E-state index contributed by atoms with van der Waals surface area (Å²) in [7, 11) is 0. The summed E-state index contributed by atoms with van der Waals surface area (Å²) in [5.41, 5.74) is 3.17. The van der Waals surface area contributed by atoms with Gasteiger partial charge >= 0.3 is 0 Å². The molecular formula is C18H17Cl2N3O3. The lowest BCUT2D eigenvalue weighted by Gasteiger charge is -2.11. The van der Waals surface area contributed by atoms with Gasteiger partial charge in [0.05, 0.1) is 10.7 Å². The van der Waals surface area contributed by atoms with Gasteiger partial charge in [0.25, 0.3) is 11.5 Å². The van der Waals surface area contributed by atoms with Crippen LogP contribution in [0.15, 0.2) is 34.2 Å². The van der Waals surface area contributed by atoms with Crippen LogP contribution in [0, 0.1) is 13.8 Å². The zero-order valence-corrected chi connectivity index (χ0v) is 15.7. The van der Waals surface area contributed by atoms with Crippen LogP contribution in [0.5, 0.6) is 0 Å². The molecule has 1 aromatic carbocycles. The lowest BCUT2D eigenvalue weighted by Crippen LogP contribution is -2.36. The fraction of sp³-hybridized carbons (Fsp3) is 0.278. The molecule has 0 radical (unpaired) electrons. The minimum Gasteiger partial charge on any atom is -0.382 e. The van der Waals surface area contributed by atoms with Crippen molar-refractivity contribution in [3.63, 3.8) is 0 Å². The van der Waals surface area contributed by atoms with Gasteiger partial charge in [0, 0.05) is 34.8 Å².